The van der Waals surface area contributed by atoms with Crippen molar-refractivity contribution in [3.05, 3.63) is 29.6 Å². The Morgan fingerprint density at radius 1 is 1.43 bits per heavy atom. The molecule has 2 heterocycles. The van der Waals surface area contributed by atoms with E-state index in [1.165, 1.54) is 11.3 Å². The van der Waals surface area contributed by atoms with E-state index >= 15 is 0 Å². The van der Waals surface area contributed by atoms with Crippen LogP contribution in [0.2, 0.25) is 0 Å². The molecule has 74 valence electrons. The van der Waals surface area contributed by atoms with Crippen molar-refractivity contribution in [2.24, 2.45) is 4.99 Å². The van der Waals surface area contributed by atoms with Crippen molar-refractivity contribution in [2.45, 2.75) is 33.1 Å². The summed E-state index contributed by atoms with van der Waals surface area (Å²) in [6, 6.07) is 2.16. The Kier molecular flexibility index (Phi) is 2.53. The summed E-state index contributed by atoms with van der Waals surface area (Å²) in [5, 5.41) is 0. The first-order chi connectivity index (χ1) is 6.83. The van der Waals surface area contributed by atoms with Gasteiger partial charge in [-0.1, -0.05) is 6.92 Å². The third kappa shape index (κ3) is 1.52. The van der Waals surface area contributed by atoms with Gasteiger partial charge in [0.05, 0.1) is 0 Å². The number of aliphatic imine (C=N–C) groups is 1. The van der Waals surface area contributed by atoms with Crippen LogP contribution in [0.15, 0.2) is 23.3 Å². The van der Waals surface area contributed by atoms with Gasteiger partial charge in [0.15, 0.2) is 0 Å². The van der Waals surface area contributed by atoms with E-state index in [9.17, 15) is 0 Å². The summed E-state index contributed by atoms with van der Waals surface area (Å²) in [4.78, 5) is 4.42. The summed E-state index contributed by atoms with van der Waals surface area (Å²) in [6.07, 6.45) is 9.57. The molecule has 0 N–H and O–H groups in total. The van der Waals surface area contributed by atoms with Gasteiger partial charge in [-0.2, -0.15) is 0 Å². The Bertz CT molecular complexity index is 383. The molecule has 0 aliphatic carbocycles. The molecule has 0 saturated heterocycles. The zero-order valence-corrected chi connectivity index (χ0v) is 8.83. The lowest BCUT2D eigenvalue weighted by Crippen LogP contribution is -2.02. The molecule has 0 atom stereocenters. The van der Waals surface area contributed by atoms with Gasteiger partial charge in [-0.3, -0.25) is 0 Å². The van der Waals surface area contributed by atoms with E-state index in [1.54, 1.807) is 0 Å². The molecular formula is C12H16N2. The van der Waals surface area contributed by atoms with Crippen LogP contribution in [-0.2, 0) is 6.42 Å². The summed E-state index contributed by atoms with van der Waals surface area (Å²) in [6.45, 7) is 4.34. The summed E-state index contributed by atoms with van der Waals surface area (Å²) in [5.41, 5.74) is 2.73. The van der Waals surface area contributed by atoms with E-state index in [0.717, 1.165) is 25.1 Å². The Balaban J connectivity index is 2.40. The van der Waals surface area contributed by atoms with Gasteiger partial charge in [0, 0.05) is 18.1 Å². The van der Waals surface area contributed by atoms with Gasteiger partial charge in [0.1, 0.15) is 5.82 Å². The normalized spacial score (nSPS) is 15.7. The Labute approximate surface area is 85.0 Å². The number of hydrogen-bond donors (Lipinski definition) is 0. The fourth-order valence-corrected chi connectivity index (χ4v) is 1.88. The van der Waals surface area contributed by atoms with Crippen LogP contribution in [0.3, 0.4) is 0 Å². The third-order valence-electron chi connectivity index (χ3n) is 2.65. The fourth-order valence-electron chi connectivity index (χ4n) is 1.88. The van der Waals surface area contributed by atoms with Gasteiger partial charge in [-0.25, -0.2) is 4.99 Å². The number of allylic oxidation sites excluding steroid dienone is 1. The molecule has 1 aromatic rings. The number of aromatic nitrogens is 1. The lowest BCUT2D eigenvalue weighted by molar-refractivity contribution is 0.913. The molecule has 0 amide bonds. The average Bonchev–Trinajstić information content (AvgIpc) is 2.61. The van der Waals surface area contributed by atoms with E-state index in [-0.39, 0.29) is 0 Å². The second-order valence-electron chi connectivity index (χ2n) is 3.62. The first-order valence-electron chi connectivity index (χ1n) is 5.23. The highest BCUT2D eigenvalue weighted by Crippen LogP contribution is 2.19. The maximum Gasteiger partial charge on any atom is 0.132 e. The van der Waals surface area contributed by atoms with Crippen LogP contribution in [-0.4, -0.2) is 10.8 Å². The van der Waals surface area contributed by atoms with Gasteiger partial charge < -0.3 is 4.57 Å². The molecule has 1 aliphatic rings. The molecule has 14 heavy (non-hydrogen) atoms. The van der Waals surface area contributed by atoms with Crippen molar-refractivity contribution < 1.29 is 0 Å². The second kappa shape index (κ2) is 3.82. The molecule has 2 heteroatoms. The van der Waals surface area contributed by atoms with Crippen LogP contribution in [0.4, 0.5) is 0 Å². The average molecular weight is 188 g/mol. The standard InChI is InChI=1S/C12H16N2/c1-3-11-10(2)7-9-14(11)12-6-4-5-8-13-12/h6-9H,3-5H2,1-2H3. The number of nitrogens with zero attached hydrogens (tertiary/aromatic N) is 2. The summed E-state index contributed by atoms with van der Waals surface area (Å²) in [5.74, 6) is 1.08. The molecule has 2 nitrogen and oxygen atoms in total. The summed E-state index contributed by atoms with van der Waals surface area (Å²) in [7, 11) is 0. The minimum Gasteiger partial charge on any atom is -0.306 e. The van der Waals surface area contributed by atoms with Crippen LogP contribution in [0, 0.1) is 6.92 Å². The fraction of sp³-hybridized carbons (Fsp3) is 0.417. The van der Waals surface area contributed by atoms with Gasteiger partial charge >= 0.3 is 0 Å². The SMILES string of the molecule is CCc1c(C)ccn1C1=CCCC=N1. The quantitative estimate of drug-likeness (QED) is 0.679. The molecule has 1 aromatic heterocycles. The summed E-state index contributed by atoms with van der Waals surface area (Å²) >= 11 is 0. The van der Waals surface area contributed by atoms with Crippen LogP contribution in [0.1, 0.15) is 31.0 Å². The van der Waals surface area contributed by atoms with Gasteiger partial charge in [0.2, 0.25) is 0 Å². The minimum atomic E-state index is 1.06. The molecule has 0 aromatic carbocycles. The highest BCUT2D eigenvalue weighted by atomic mass is 15.1. The molecule has 1 aliphatic heterocycles. The highest BCUT2D eigenvalue weighted by Gasteiger charge is 2.07. The zero-order chi connectivity index (χ0) is 9.97. The van der Waals surface area contributed by atoms with E-state index < -0.39 is 0 Å². The molecule has 0 radical (unpaired) electrons. The maximum atomic E-state index is 4.42. The monoisotopic (exact) mass is 188 g/mol. The molecule has 2 rings (SSSR count). The topological polar surface area (TPSA) is 17.3 Å². The Morgan fingerprint density at radius 3 is 2.93 bits per heavy atom. The Morgan fingerprint density at radius 2 is 2.29 bits per heavy atom. The van der Waals surface area contributed by atoms with Gasteiger partial charge in [-0.15, -0.1) is 0 Å². The van der Waals surface area contributed by atoms with Crippen molar-refractivity contribution in [3.8, 4) is 0 Å². The third-order valence-corrected chi connectivity index (χ3v) is 2.65. The maximum absolute atomic E-state index is 4.42. The molecule has 0 fully saturated rings. The van der Waals surface area contributed by atoms with Crippen LogP contribution in [0.5, 0.6) is 0 Å². The van der Waals surface area contributed by atoms with Gasteiger partial charge in [0.25, 0.3) is 0 Å². The largest absolute Gasteiger partial charge is 0.306 e. The van der Waals surface area contributed by atoms with Gasteiger partial charge in [-0.05, 0) is 43.9 Å². The summed E-state index contributed by atoms with van der Waals surface area (Å²) < 4.78 is 2.20. The second-order valence-corrected chi connectivity index (χ2v) is 3.62. The Hall–Kier alpha value is -1.31. The van der Waals surface area contributed by atoms with E-state index in [2.05, 4.69) is 41.7 Å². The van der Waals surface area contributed by atoms with Crippen molar-refractivity contribution in [1.29, 1.82) is 0 Å². The van der Waals surface area contributed by atoms with E-state index in [1.807, 2.05) is 6.21 Å². The minimum absolute atomic E-state index is 1.06. The zero-order valence-electron chi connectivity index (χ0n) is 8.83. The highest BCUT2D eigenvalue weighted by molar-refractivity contribution is 5.69. The van der Waals surface area contributed by atoms with E-state index in [4.69, 9.17) is 0 Å². The molecule has 0 spiro atoms. The number of aryl methyl sites for hydroxylation is 1. The lowest BCUT2D eigenvalue weighted by atomic mass is 10.2. The number of rotatable bonds is 2. The predicted molar refractivity (Wildman–Crippen MR) is 60.5 cm³/mol. The van der Waals surface area contributed by atoms with E-state index in [0.29, 0.717) is 0 Å². The van der Waals surface area contributed by atoms with Crippen molar-refractivity contribution in [1.82, 2.24) is 4.57 Å². The lowest BCUT2D eigenvalue weighted by Gasteiger charge is -2.11. The van der Waals surface area contributed by atoms with Crippen molar-refractivity contribution in [3.63, 3.8) is 0 Å². The first kappa shape index (κ1) is 9.25. The van der Waals surface area contributed by atoms with Crippen LogP contribution in [0.25, 0.3) is 5.82 Å². The smallest absolute Gasteiger partial charge is 0.132 e. The molecule has 0 unspecified atom stereocenters. The molecular weight excluding hydrogens is 172 g/mol. The van der Waals surface area contributed by atoms with Crippen molar-refractivity contribution >= 4 is 12.0 Å². The predicted octanol–water partition coefficient (Wildman–Crippen LogP) is 3.02. The molecule has 0 saturated carbocycles. The van der Waals surface area contributed by atoms with Crippen LogP contribution < -0.4 is 0 Å². The van der Waals surface area contributed by atoms with Crippen LogP contribution >= 0.6 is 0 Å². The number of hydrogen-bond acceptors (Lipinski definition) is 1. The first-order valence-corrected chi connectivity index (χ1v) is 5.23. The molecule has 0 bridgehead atoms. The van der Waals surface area contributed by atoms with Crippen molar-refractivity contribution in [2.75, 3.05) is 0 Å².